The second-order valence-electron chi connectivity index (χ2n) is 6.22. The van der Waals surface area contributed by atoms with Gasteiger partial charge in [-0.15, -0.1) is 0 Å². The van der Waals surface area contributed by atoms with E-state index in [0.717, 1.165) is 38.9 Å². The molecule has 2 N–H and O–H groups in total. The molecule has 20 heavy (non-hydrogen) atoms. The van der Waals surface area contributed by atoms with E-state index < -0.39 is 10.2 Å². The van der Waals surface area contributed by atoms with Crippen molar-refractivity contribution >= 4 is 10.2 Å². The molecule has 0 unspecified atom stereocenters. The summed E-state index contributed by atoms with van der Waals surface area (Å²) >= 11 is 0. The van der Waals surface area contributed by atoms with Crippen LogP contribution in [-0.4, -0.2) is 71.5 Å². The van der Waals surface area contributed by atoms with Gasteiger partial charge in [0, 0.05) is 20.1 Å². The molecule has 6 nitrogen and oxygen atoms in total. The smallest absolute Gasteiger partial charge is 0.279 e. The molecule has 7 heteroatoms. The van der Waals surface area contributed by atoms with Gasteiger partial charge >= 0.3 is 0 Å². The molecule has 0 atom stereocenters. The summed E-state index contributed by atoms with van der Waals surface area (Å²) in [5.74, 6) is 0. The molecule has 1 saturated heterocycles. The van der Waals surface area contributed by atoms with Crippen molar-refractivity contribution in [3.8, 4) is 0 Å². The highest BCUT2D eigenvalue weighted by atomic mass is 32.2. The monoisotopic (exact) mass is 306 g/mol. The normalized spacial score (nSPS) is 20.4. The summed E-state index contributed by atoms with van der Waals surface area (Å²) in [6.07, 6.45) is 2.89. The summed E-state index contributed by atoms with van der Waals surface area (Å²) < 4.78 is 28.5. The van der Waals surface area contributed by atoms with Crippen LogP contribution in [0.4, 0.5) is 0 Å². The molecule has 0 aromatic heterocycles. The SMILES string of the molecule is CNCCCN(C)S(=O)(=O)NCC1(C)CCN(C)CC1. The first-order chi connectivity index (χ1) is 9.29. The highest BCUT2D eigenvalue weighted by molar-refractivity contribution is 7.87. The lowest BCUT2D eigenvalue weighted by Crippen LogP contribution is -2.47. The molecule has 0 aliphatic carbocycles. The van der Waals surface area contributed by atoms with E-state index in [1.165, 1.54) is 4.31 Å². The first kappa shape index (κ1) is 17.8. The van der Waals surface area contributed by atoms with Crippen LogP contribution in [0.15, 0.2) is 0 Å². The standard InChI is InChI=1S/C13H30N4O2S/c1-13(6-10-16(3)11-7-13)12-15-20(18,19)17(4)9-5-8-14-2/h14-15H,5-12H2,1-4H3. The molecule has 120 valence electrons. The van der Waals surface area contributed by atoms with Gasteiger partial charge in [0.1, 0.15) is 0 Å². The Morgan fingerprint density at radius 1 is 1.30 bits per heavy atom. The van der Waals surface area contributed by atoms with E-state index in [1.54, 1.807) is 7.05 Å². The van der Waals surface area contributed by atoms with Crippen molar-refractivity contribution in [2.24, 2.45) is 5.41 Å². The molecule has 0 aromatic carbocycles. The number of nitrogens with zero attached hydrogens (tertiary/aromatic N) is 2. The van der Waals surface area contributed by atoms with Crippen LogP contribution in [0.2, 0.25) is 0 Å². The quantitative estimate of drug-likeness (QED) is 0.624. The highest BCUT2D eigenvalue weighted by Crippen LogP contribution is 2.29. The van der Waals surface area contributed by atoms with Crippen molar-refractivity contribution in [2.75, 3.05) is 53.9 Å². The van der Waals surface area contributed by atoms with Crippen LogP contribution in [0, 0.1) is 5.41 Å². The Morgan fingerprint density at radius 2 is 1.90 bits per heavy atom. The minimum atomic E-state index is -3.35. The Balaban J connectivity index is 2.42. The van der Waals surface area contributed by atoms with Gasteiger partial charge in [-0.05, 0) is 58.4 Å². The molecule has 1 aliphatic rings. The fourth-order valence-corrected chi connectivity index (χ4v) is 3.43. The van der Waals surface area contributed by atoms with Gasteiger partial charge in [0.2, 0.25) is 0 Å². The Kier molecular flexibility index (Phi) is 6.87. The second kappa shape index (κ2) is 7.70. The van der Waals surface area contributed by atoms with Crippen molar-refractivity contribution < 1.29 is 8.42 Å². The van der Waals surface area contributed by atoms with Gasteiger partial charge in [-0.2, -0.15) is 12.7 Å². The molecule has 0 spiro atoms. The van der Waals surface area contributed by atoms with Crippen LogP contribution in [0.5, 0.6) is 0 Å². The van der Waals surface area contributed by atoms with Crippen molar-refractivity contribution in [1.82, 2.24) is 19.2 Å². The van der Waals surface area contributed by atoms with E-state index in [1.807, 2.05) is 7.05 Å². The molecule has 1 rings (SSSR count). The summed E-state index contributed by atoms with van der Waals surface area (Å²) in [6, 6.07) is 0. The van der Waals surface area contributed by atoms with Gasteiger partial charge in [0.05, 0.1) is 0 Å². The van der Waals surface area contributed by atoms with E-state index in [4.69, 9.17) is 0 Å². The Morgan fingerprint density at radius 3 is 2.45 bits per heavy atom. The van der Waals surface area contributed by atoms with E-state index in [2.05, 4.69) is 28.9 Å². The molecular formula is C13H30N4O2S. The maximum atomic E-state index is 12.2. The number of rotatable bonds is 8. The van der Waals surface area contributed by atoms with E-state index in [0.29, 0.717) is 13.1 Å². The number of hydrogen-bond donors (Lipinski definition) is 2. The predicted molar refractivity (Wildman–Crippen MR) is 82.9 cm³/mol. The van der Waals surface area contributed by atoms with Crippen LogP contribution >= 0.6 is 0 Å². The van der Waals surface area contributed by atoms with Crippen molar-refractivity contribution in [3.05, 3.63) is 0 Å². The van der Waals surface area contributed by atoms with Crippen LogP contribution in [0.1, 0.15) is 26.2 Å². The lowest BCUT2D eigenvalue weighted by molar-refractivity contribution is 0.142. The van der Waals surface area contributed by atoms with Crippen LogP contribution in [0.25, 0.3) is 0 Å². The van der Waals surface area contributed by atoms with Crippen LogP contribution < -0.4 is 10.0 Å². The van der Waals surface area contributed by atoms with E-state index in [9.17, 15) is 8.42 Å². The topological polar surface area (TPSA) is 64.7 Å². The fraction of sp³-hybridized carbons (Fsp3) is 1.00. The molecule has 1 heterocycles. The third kappa shape index (κ3) is 5.65. The third-order valence-corrected chi connectivity index (χ3v) is 5.70. The molecule has 0 amide bonds. The lowest BCUT2D eigenvalue weighted by atomic mass is 9.81. The molecule has 1 fully saturated rings. The van der Waals surface area contributed by atoms with Crippen molar-refractivity contribution in [3.63, 3.8) is 0 Å². The maximum absolute atomic E-state index is 12.2. The summed E-state index contributed by atoms with van der Waals surface area (Å²) in [4.78, 5) is 2.29. The third-order valence-electron chi connectivity index (χ3n) is 4.19. The van der Waals surface area contributed by atoms with Gasteiger partial charge < -0.3 is 10.2 Å². The summed E-state index contributed by atoms with van der Waals surface area (Å²) in [5.41, 5.74) is 0.0748. The number of hydrogen-bond acceptors (Lipinski definition) is 4. The molecular weight excluding hydrogens is 276 g/mol. The Bertz CT molecular complexity index is 378. The molecule has 1 aliphatic heterocycles. The zero-order chi connectivity index (χ0) is 15.2. The van der Waals surface area contributed by atoms with Crippen LogP contribution in [-0.2, 0) is 10.2 Å². The van der Waals surface area contributed by atoms with Gasteiger partial charge in [0.25, 0.3) is 10.2 Å². The van der Waals surface area contributed by atoms with E-state index >= 15 is 0 Å². The Hall–Kier alpha value is -0.210. The molecule has 0 bridgehead atoms. The first-order valence-corrected chi connectivity index (χ1v) is 8.77. The lowest BCUT2D eigenvalue weighted by Gasteiger charge is -2.38. The van der Waals surface area contributed by atoms with Gasteiger partial charge in [-0.25, -0.2) is 4.72 Å². The summed E-state index contributed by atoms with van der Waals surface area (Å²) in [6.45, 7) is 6.13. The van der Waals surface area contributed by atoms with Crippen molar-refractivity contribution in [1.29, 1.82) is 0 Å². The minimum Gasteiger partial charge on any atom is -0.320 e. The summed E-state index contributed by atoms with van der Waals surface area (Å²) in [7, 11) is 2.26. The zero-order valence-electron chi connectivity index (χ0n) is 13.3. The maximum Gasteiger partial charge on any atom is 0.279 e. The number of nitrogens with one attached hydrogen (secondary N) is 2. The van der Waals surface area contributed by atoms with Crippen LogP contribution in [0.3, 0.4) is 0 Å². The molecule has 0 aromatic rings. The average molecular weight is 306 g/mol. The highest BCUT2D eigenvalue weighted by Gasteiger charge is 2.30. The van der Waals surface area contributed by atoms with Gasteiger partial charge in [-0.3, -0.25) is 0 Å². The van der Waals surface area contributed by atoms with Crippen molar-refractivity contribution in [2.45, 2.75) is 26.2 Å². The largest absolute Gasteiger partial charge is 0.320 e. The first-order valence-electron chi connectivity index (χ1n) is 7.33. The number of piperidine rings is 1. The summed E-state index contributed by atoms with van der Waals surface area (Å²) in [5, 5.41) is 3.02. The zero-order valence-corrected chi connectivity index (χ0v) is 14.1. The van der Waals surface area contributed by atoms with Gasteiger partial charge in [0.15, 0.2) is 0 Å². The molecule has 0 radical (unpaired) electrons. The molecule has 0 saturated carbocycles. The number of likely N-dealkylation sites (tertiary alicyclic amines) is 1. The predicted octanol–water partition coefficient (Wildman–Crippen LogP) is 0.0940. The second-order valence-corrected chi connectivity index (χ2v) is 8.08. The fourth-order valence-electron chi connectivity index (χ4n) is 2.31. The minimum absolute atomic E-state index is 0.0748. The van der Waals surface area contributed by atoms with Gasteiger partial charge in [-0.1, -0.05) is 6.92 Å². The average Bonchev–Trinajstić information content (AvgIpc) is 2.41. The Labute approximate surface area is 124 Å². The van der Waals surface area contributed by atoms with E-state index in [-0.39, 0.29) is 5.41 Å².